The van der Waals surface area contributed by atoms with Crippen molar-refractivity contribution >= 4 is 16.1 Å². The third kappa shape index (κ3) is 7.43. The SMILES string of the molecule is COc1ccc(-c2ccc(S(N)(=O)=O)cc2)cc1CN[C@H]1CC[C@H](N(C)C(=O)OC(C)(C)C)CC1. The smallest absolute Gasteiger partial charge is 0.410 e. The Morgan fingerprint density at radius 3 is 2.20 bits per heavy atom. The lowest BCUT2D eigenvalue weighted by Gasteiger charge is -2.36. The Labute approximate surface area is 208 Å². The molecule has 1 aliphatic rings. The molecule has 1 saturated carbocycles. The zero-order chi connectivity index (χ0) is 25.8. The molecule has 0 bridgehead atoms. The standard InChI is InChI=1S/C26H37N3O5S/c1-26(2,3)34-25(30)29(4)22-11-9-21(10-12-22)28-17-20-16-19(8-15-24(20)33-5)18-6-13-23(14-7-18)35(27,31)32/h6-8,13-16,21-22,28H,9-12,17H2,1-5H3,(H2,27,31,32)/t21-,22-. The summed E-state index contributed by atoms with van der Waals surface area (Å²) in [6, 6.07) is 13.0. The molecule has 1 aliphatic carbocycles. The lowest BCUT2D eigenvalue weighted by molar-refractivity contribution is 0.0179. The van der Waals surface area contributed by atoms with E-state index in [4.69, 9.17) is 14.6 Å². The number of amides is 1. The van der Waals surface area contributed by atoms with Gasteiger partial charge < -0.3 is 19.7 Å². The van der Waals surface area contributed by atoms with E-state index in [9.17, 15) is 13.2 Å². The zero-order valence-corrected chi connectivity index (χ0v) is 22.0. The molecule has 35 heavy (non-hydrogen) atoms. The summed E-state index contributed by atoms with van der Waals surface area (Å²) >= 11 is 0. The van der Waals surface area contributed by atoms with Crippen molar-refractivity contribution in [3.05, 3.63) is 48.0 Å². The molecular weight excluding hydrogens is 466 g/mol. The Morgan fingerprint density at radius 2 is 1.66 bits per heavy atom. The number of nitrogens with zero attached hydrogens (tertiary/aromatic N) is 1. The molecule has 3 rings (SSSR count). The summed E-state index contributed by atoms with van der Waals surface area (Å²) < 4.78 is 34.1. The number of hydrogen-bond acceptors (Lipinski definition) is 6. The van der Waals surface area contributed by atoms with Gasteiger partial charge in [0.1, 0.15) is 11.4 Å². The number of hydrogen-bond donors (Lipinski definition) is 2. The number of nitrogens with two attached hydrogens (primary N) is 1. The van der Waals surface area contributed by atoms with E-state index in [0.29, 0.717) is 12.6 Å². The van der Waals surface area contributed by atoms with Gasteiger partial charge in [0.05, 0.1) is 12.0 Å². The Bertz CT molecular complexity index is 1120. The minimum Gasteiger partial charge on any atom is -0.496 e. The van der Waals surface area contributed by atoms with Crippen molar-refractivity contribution in [2.24, 2.45) is 5.14 Å². The fourth-order valence-corrected chi connectivity index (χ4v) is 4.85. The molecule has 0 unspecified atom stereocenters. The van der Waals surface area contributed by atoms with E-state index in [1.54, 1.807) is 24.1 Å². The van der Waals surface area contributed by atoms with Crippen molar-refractivity contribution in [1.82, 2.24) is 10.2 Å². The van der Waals surface area contributed by atoms with Gasteiger partial charge in [0.2, 0.25) is 10.0 Å². The van der Waals surface area contributed by atoms with Gasteiger partial charge in [0.15, 0.2) is 0 Å². The Kier molecular flexibility index (Phi) is 8.46. The molecule has 8 nitrogen and oxygen atoms in total. The highest BCUT2D eigenvalue weighted by atomic mass is 32.2. The molecule has 0 aliphatic heterocycles. The average molecular weight is 504 g/mol. The van der Waals surface area contributed by atoms with Crippen LogP contribution >= 0.6 is 0 Å². The quantitative estimate of drug-likeness (QED) is 0.584. The monoisotopic (exact) mass is 503 g/mol. The first kappa shape index (κ1) is 27.0. The van der Waals surface area contributed by atoms with Crippen LogP contribution in [-0.4, -0.2) is 51.3 Å². The summed E-state index contributed by atoms with van der Waals surface area (Å²) in [5, 5.41) is 8.84. The van der Waals surface area contributed by atoms with Gasteiger partial charge in [0, 0.05) is 31.2 Å². The molecule has 9 heteroatoms. The minimum absolute atomic E-state index is 0.0876. The molecule has 192 valence electrons. The highest BCUT2D eigenvalue weighted by Gasteiger charge is 2.29. The van der Waals surface area contributed by atoms with Gasteiger partial charge in [-0.3, -0.25) is 0 Å². The van der Waals surface area contributed by atoms with Crippen molar-refractivity contribution in [3.8, 4) is 16.9 Å². The predicted octanol–water partition coefficient (Wildman–Crippen LogP) is 4.28. The Morgan fingerprint density at radius 1 is 1.06 bits per heavy atom. The maximum Gasteiger partial charge on any atom is 0.410 e. The number of ether oxygens (including phenoxy) is 2. The largest absolute Gasteiger partial charge is 0.496 e. The molecule has 0 radical (unpaired) electrons. The van der Waals surface area contributed by atoms with Crippen LogP contribution in [0, 0.1) is 0 Å². The second-order valence-electron chi connectivity index (χ2n) is 10.1. The summed E-state index contributed by atoms with van der Waals surface area (Å²) in [6.07, 6.45) is 3.50. The van der Waals surface area contributed by atoms with Crippen LogP contribution in [0.4, 0.5) is 4.79 Å². The second kappa shape index (κ2) is 11.0. The lowest BCUT2D eigenvalue weighted by Crippen LogP contribution is -2.44. The summed E-state index contributed by atoms with van der Waals surface area (Å²) in [5.74, 6) is 0.792. The Hall–Kier alpha value is -2.62. The molecule has 2 aromatic rings. The first-order valence-corrected chi connectivity index (χ1v) is 13.4. The zero-order valence-electron chi connectivity index (χ0n) is 21.2. The van der Waals surface area contributed by atoms with Gasteiger partial charge in [0.25, 0.3) is 0 Å². The highest BCUT2D eigenvalue weighted by Crippen LogP contribution is 2.29. The van der Waals surface area contributed by atoms with E-state index < -0.39 is 15.6 Å². The van der Waals surface area contributed by atoms with Gasteiger partial charge in [-0.05, 0) is 81.8 Å². The van der Waals surface area contributed by atoms with Crippen LogP contribution < -0.4 is 15.2 Å². The van der Waals surface area contributed by atoms with Gasteiger partial charge in [-0.25, -0.2) is 18.4 Å². The molecule has 0 atom stereocenters. The van der Waals surface area contributed by atoms with Gasteiger partial charge >= 0.3 is 6.09 Å². The van der Waals surface area contributed by atoms with Crippen molar-refractivity contribution in [2.75, 3.05) is 14.2 Å². The summed E-state index contributed by atoms with van der Waals surface area (Å²) in [7, 11) is -0.255. The number of nitrogens with one attached hydrogen (secondary N) is 1. The maximum absolute atomic E-state index is 12.4. The normalized spacial score (nSPS) is 18.7. The third-order valence-electron chi connectivity index (χ3n) is 6.30. The Balaban J connectivity index is 1.60. The number of benzene rings is 2. The van der Waals surface area contributed by atoms with Crippen molar-refractivity contribution in [1.29, 1.82) is 0 Å². The van der Waals surface area contributed by atoms with Crippen LogP contribution in [0.1, 0.15) is 52.0 Å². The van der Waals surface area contributed by atoms with Crippen molar-refractivity contribution < 1.29 is 22.7 Å². The van der Waals surface area contributed by atoms with Crippen molar-refractivity contribution in [3.63, 3.8) is 0 Å². The predicted molar refractivity (Wildman–Crippen MR) is 137 cm³/mol. The number of carbonyl (C=O) groups is 1. The van der Waals surface area contributed by atoms with E-state index in [-0.39, 0.29) is 17.0 Å². The van der Waals surface area contributed by atoms with Crippen LogP contribution in [-0.2, 0) is 21.3 Å². The van der Waals surface area contributed by atoms with Crippen LogP contribution in [0.5, 0.6) is 5.75 Å². The van der Waals surface area contributed by atoms with Crippen LogP contribution in [0.3, 0.4) is 0 Å². The average Bonchev–Trinajstić information content (AvgIpc) is 2.81. The first-order chi connectivity index (χ1) is 16.4. The lowest BCUT2D eigenvalue weighted by atomic mass is 9.90. The number of primary sulfonamides is 1. The molecule has 0 aromatic heterocycles. The molecule has 1 amide bonds. The summed E-state index contributed by atoms with van der Waals surface area (Å²) in [5.41, 5.74) is 2.38. The molecule has 0 spiro atoms. The van der Waals surface area contributed by atoms with Gasteiger partial charge in [-0.1, -0.05) is 18.2 Å². The first-order valence-electron chi connectivity index (χ1n) is 11.9. The third-order valence-corrected chi connectivity index (χ3v) is 7.23. The number of carbonyl (C=O) groups excluding carboxylic acids is 1. The van der Waals surface area contributed by atoms with Gasteiger partial charge in [-0.2, -0.15) is 0 Å². The molecule has 0 heterocycles. The maximum atomic E-state index is 12.4. The van der Waals surface area contributed by atoms with E-state index in [2.05, 4.69) is 11.4 Å². The van der Waals surface area contributed by atoms with E-state index >= 15 is 0 Å². The molecular formula is C26H37N3O5S. The van der Waals surface area contributed by atoms with E-state index in [1.807, 2.05) is 40.0 Å². The number of sulfonamides is 1. The topological polar surface area (TPSA) is 111 Å². The molecule has 1 fully saturated rings. The number of methoxy groups -OCH3 is 1. The number of rotatable bonds is 7. The minimum atomic E-state index is -3.72. The van der Waals surface area contributed by atoms with E-state index in [0.717, 1.165) is 48.1 Å². The molecule has 2 aromatic carbocycles. The summed E-state index contributed by atoms with van der Waals surface area (Å²) in [6.45, 7) is 6.27. The van der Waals surface area contributed by atoms with Gasteiger partial charge in [-0.15, -0.1) is 0 Å². The van der Waals surface area contributed by atoms with Crippen LogP contribution in [0.25, 0.3) is 11.1 Å². The van der Waals surface area contributed by atoms with E-state index in [1.165, 1.54) is 12.1 Å². The fourth-order valence-electron chi connectivity index (χ4n) is 4.34. The second-order valence-corrected chi connectivity index (χ2v) is 11.6. The van der Waals surface area contributed by atoms with Crippen LogP contribution in [0.2, 0.25) is 0 Å². The van der Waals surface area contributed by atoms with Crippen molar-refractivity contribution in [2.45, 2.75) is 75.6 Å². The molecule has 3 N–H and O–H groups in total. The molecule has 0 saturated heterocycles. The highest BCUT2D eigenvalue weighted by molar-refractivity contribution is 7.89. The summed E-state index contributed by atoms with van der Waals surface area (Å²) in [4.78, 5) is 14.2. The fraction of sp³-hybridized carbons (Fsp3) is 0.500. The van der Waals surface area contributed by atoms with Crippen LogP contribution in [0.15, 0.2) is 47.4 Å².